The van der Waals surface area contributed by atoms with Gasteiger partial charge in [0.25, 0.3) is 5.91 Å². The molecule has 0 fully saturated rings. The van der Waals surface area contributed by atoms with Crippen molar-refractivity contribution >= 4 is 34.0 Å². The van der Waals surface area contributed by atoms with Gasteiger partial charge in [0.15, 0.2) is 5.13 Å². The van der Waals surface area contributed by atoms with E-state index in [1.54, 1.807) is 24.5 Å². The van der Waals surface area contributed by atoms with Gasteiger partial charge in [0.2, 0.25) is 5.91 Å². The predicted octanol–water partition coefficient (Wildman–Crippen LogP) is 5.70. The van der Waals surface area contributed by atoms with E-state index in [0.29, 0.717) is 16.4 Å². The molecule has 2 N–H and O–H groups in total. The fourth-order valence-electron chi connectivity index (χ4n) is 3.49. The standard InChI is InChI=1S/C25H22N4O2S/c1-15-11-16(2)13-19(12-15)22-23(32-25(29-22)27-17(3)30)20-9-10-26-14-21(20)28-24(31)18-7-5-4-6-8-18/h4-14H,1-3H3,(H,28,31)(H,27,29,30). The van der Waals surface area contributed by atoms with Crippen molar-refractivity contribution in [1.82, 2.24) is 9.97 Å². The number of anilines is 2. The Morgan fingerprint density at radius 2 is 1.66 bits per heavy atom. The lowest BCUT2D eigenvalue weighted by molar-refractivity contribution is -0.114. The summed E-state index contributed by atoms with van der Waals surface area (Å²) in [6.07, 6.45) is 3.30. The zero-order chi connectivity index (χ0) is 22.7. The van der Waals surface area contributed by atoms with Gasteiger partial charge in [-0.05, 0) is 44.2 Å². The molecule has 2 aromatic heterocycles. The Balaban J connectivity index is 1.82. The second-order valence-electron chi connectivity index (χ2n) is 7.50. The number of carbonyl (C=O) groups excluding carboxylic acids is 2. The van der Waals surface area contributed by atoms with E-state index in [1.807, 2.05) is 38.1 Å². The Hall–Kier alpha value is -3.84. The molecule has 4 aromatic rings. The topological polar surface area (TPSA) is 84.0 Å². The van der Waals surface area contributed by atoms with E-state index in [1.165, 1.54) is 18.3 Å². The van der Waals surface area contributed by atoms with Crippen LogP contribution in [0.5, 0.6) is 0 Å². The molecule has 0 spiro atoms. The summed E-state index contributed by atoms with van der Waals surface area (Å²) in [7, 11) is 0. The number of pyridine rings is 1. The number of rotatable bonds is 5. The summed E-state index contributed by atoms with van der Waals surface area (Å²) < 4.78 is 0. The second-order valence-corrected chi connectivity index (χ2v) is 8.49. The Morgan fingerprint density at radius 3 is 2.34 bits per heavy atom. The molecule has 0 bridgehead atoms. The van der Waals surface area contributed by atoms with Crippen LogP contribution in [-0.4, -0.2) is 21.8 Å². The Labute approximate surface area is 190 Å². The van der Waals surface area contributed by atoms with Crippen LogP contribution in [0.15, 0.2) is 67.0 Å². The number of benzene rings is 2. The lowest BCUT2D eigenvalue weighted by Gasteiger charge is -2.11. The second kappa shape index (κ2) is 9.11. The summed E-state index contributed by atoms with van der Waals surface area (Å²) >= 11 is 1.36. The Bertz CT molecular complexity index is 1280. The highest BCUT2D eigenvalue weighted by Gasteiger charge is 2.20. The number of hydrogen-bond donors (Lipinski definition) is 2. The zero-order valence-electron chi connectivity index (χ0n) is 18.0. The van der Waals surface area contributed by atoms with E-state index in [0.717, 1.165) is 32.8 Å². The van der Waals surface area contributed by atoms with Crippen molar-refractivity contribution in [1.29, 1.82) is 0 Å². The van der Waals surface area contributed by atoms with E-state index in [-0.39, 0.29) is 11.8 Å². The first-order valence-electron chi connectivity index (χ1n) is 10.1. The number of aromatic nitrogens is 2. The van der Waals surface area contributed by atoms with Crippen molar-refractivity contribution in [3.05, 3.63) is 83.7 Å². The molecule has 2 amide bonds. The Kier molecular flexibility index (Phi) is 6.09. The fourth-order valence-corrected chi connectivity index (χ4v) is 4.56. The molecule has 0 saturated heterocycles. The fraction of sp³-hybridized carbons (Fsp3) is 0.120. The molecule has 0 saturated carbocycles. The van der Waals surface area contributed by atoms with E-state index in [4.69, 9.17) is 4.98 Å². The third-order valence-electron chi connectivity index (χ3n) is 4.76. The van der Waals surface area contributed by atoms with Crippen molar-refractivity contribution in [2.24, 2.45) is 0 Å². The van der Waals surface area contributed by atoms with E-state index in [2.05, 4.69) is 33.8 Å². The number of aryl methyl sites for hydroxylation is 2. The molecule has 32 heavy (non-hydrogen) atoms. The highest BCUT2D eigenvalue weighted by atomic mass is 32.1. The molecule has 0 aliphatic carbocycles. The smallest absolute Gasteiger partial charge is 0.255 e. The summed E-state index contributed by atoms with van der Waals surface area (Å²) in [4.78, 5) is 34.2. The van der Waals surface area contributed by atoms with Crippen LogP contribution in [0.4, 0.5) is 10.8 Å². The van der Waals surface area contributed by atoms with Gasteiger partial charge in [-0.3, -0.25) is 14.6 Å². The maximum absolute atomic E-state index is 12.8. The first kappa shape index (κ1) is 21.4. The summed E-state index contributed by atoms with van der Waals surface area (Å²) in [5.74, 6) is -0.413. The maximum Gasteiger partial charge on any atom is 0.255 e. The summed E-state index contributed by atoms with van der Waals surface area (Å²) in [5.41, 5.74) is 5.84. The molecule has 6 nitrogen and oxygen atoms in total. The van der Waals surface area contributed by atoms with E-state index < -0.39 is 0 Å². The van der Waals surface area contributed by atoms with Gasteiger partial charge in [0.1, 0.15) is 0 Å². The van der Waals surface area contributed by atoms with Gasteiger partial charge in [-0.1, -0.05) is 46.7 Å². The highest BCUT2D eigenvalue weighted by molar-refractivity contribution is 7.19. The zero-order valence-corrected chi connectivity index (χ0v) is 18.8. The lowest BCUT2D eigenvalue weighted by atomic mass is 10.0. The minimum absolute atomic E-state index is 0.190. The number of nitrogens with one attached hydrogen (secondary N) is 2. The number of hydrogen-bond acceptors (Lipinski definition) is 5. The van der Waals surface area contributed by atoms with E-state index >= 15 is 0 Å². The number of carbonyl (C=O) groups is 2. The molecule has 0 aliphatic rings. The quantitative estimate of drug-likeness (QED) is 0.415. The third kappa shape index (κ3) is 4.73. The molecule has 0 unspecified atom stereocenters. The monoisotopic (exact) mass is 442 g/mol. The number of nitrogens with zero attached hydrogens (tertiary/aromatic N) is 2. The Morgan fingerprint density at radius 1 is 0.938 bits per heavy atom. The average molecular weight is 443 g/mol. The molecular formula is C25H22N4O2S. The minimum Gasteiger partial charge on any atom is -0.320 e. The van der Waals surface area contributed by atoms with Gasteiger partial charge < -0.3 is 10.6 Å². The van der Waals surface area contributed by atoms with Gasteiger partial charge in [-0.25, -0.2) is 4.98 Å². The normalized spacial score (nSPS) is 10.6. The third-order valence-corrected chi connectivity index (χ3v) is 5.76. The molecule has 7 heteroatoms. The van der Waals surface area contributed by atoms with Gasteiger partial charge >= 0.3 is 0 Å². The van der Waals surface area contributed by atoms with Crippen LogP contribution in [0.3, 0.4) is 0 Å². The minimum atomic E-state index is -0.223. The maximum atomic E-state index is 12.8. The van der Waals surface area contributed by atoms with Crippen LogP contribution in [0.2, 0.25) is 0 Å². The van der Waals surface area contributed by atoms with Crippen molar-refractivity contribution in [2.75, 3.05) is 10.6 Å². The molecule has 0 aliphatic heterocycles. The number of thiazole rings is 1. The van der Waals surface area contributed by atoms with Crippen molar-refractivity contribution in [2.45, 2.75) is 20.8 Å². The van der Waals surface area contributed by atoms with Crippen LogP contribution < -0.4 is 10.6 Å². The highest BCUT2D eigenvalue weighted by Crippen LogP contribution is 2.42. The predicted molar refractivity (Wildman–Crippen MR) is 129 cm³/mol. The molecule has 160 valence electrons. The molecule has 4 rings (SSSR count). The van der Waals surface area contributed by atoms with Crippen LogP contribution in [0.25, 0.3) is 21.7 Å². The lowest BCUT2D eigenvalue weighted by Crippen LogP contribution is -2.12. The summed E-state index contributed by atoms with van der Waals surface area (Å²) in [6.45, 7) is 5.53. The van der Waals surface area contributed by atoms with Crippen LogP contribution in [0.1, 0.15) is 28.4 Å². The van der Waals surface area contributed by atoms with Crippen molar-refractivity contribution in [3.63, 3.8) is 0 Å². The van der Waals surface area contributed by atoms with Crippen LogP contribution in [-0.2, 0) is 4.79 Å². The largest absolute Gasteiger partial charge is 0.320 e. The molecule has 0 radical (unpaired) electrons. The van der Waals surface area contributed by atoms with Crippen LogP contribution in [0, 0.1) is 13.8 Å². The van der Waals surface area contributed by atoms with Gasteiger partial charge in [-0.15, -0.1) is 0 Å². The molecule has 2 aromatic carbocycles. The summed E-state index contributed by atoms with van der Waals surface area (Å²) in [6, 6.07) is 17.1. The van der Waals surface area contributed by atoms with Gasteiger partial charge in [0.05, 0.1) is 22.5 Å². The number of amides is 2. The van der Waals surface area contributed by atoms with Crippen LogP contribution >= 0.6 is 11.3 Å². The van der Waals surface area contributed by atoms with Crippen molar-refractivity contribution in [3.8, 4) is 21.7 Å². The molecular weight excluding hydrogens is 420 g/mol. The van der Waals surface area contributed by atoms with Gasteiger partial charge in [-0.2, -0.15) is 0 Å². The van der Waals surface area contributed by atoms with E-state index in [9.17, 15) is 9.59 Å². The SMILES string of the molecule is CC(=O)Nc1nc(-c2cc(C)cc(C)c2)c(-c2ccncc2NC(=O)c2ccccc2)s1. The summed E-state index contributed by atoms with van der Waals surface area (Å²) in [5, 5.41) is 6.25. The average Bonchev–Trinajstić information content (AvgIpc) is 3.17. The molecule has 2 heterocycles. The molecule has 0 atom stereocenters. The first-order chi connectivity index (χ1) is 15.4. The van der Waals surface area contributed by atoms with Crippen molar-refractivity contribution < 1.29 is 9.59 Å². The first-order valence-corrected chi connectivity index (χ1v) is 10.9. The van der Waals surface area contributed by atoms with Gasteiger partial charge in [0, 0.05) is 29.8 Å².